The van der Waals surface area contributed by atoms with E-state index in [1.54, 1.807) is 0 Å². The lowest BCUT2D eigenvalue weighted by Gasteiger charge is -2.55. The quantitative estimate of drug-likeness (QED) is 0.549. The Hall–Kier alpha value is -2.86. The summed E-state index contributed by atoms with van der Waals surface area (Å²) in [6.45, 7) is 2.93. The highest BCUT2D eigenvalue weighted by atomic mass is 16.5. The van der Waals surface area contributed by atoms with Crippen LogP contribution in [0.15, 0.2) is 42.5 Å². The van der Waals surface area contributed by atoms with Crippen LogP contribution in [0.2, 0.25) is 0 Å². The fourth-order valence-corrected chi connectivity index (χ4v) is 8.53. The zero-order valence-electron chi connectivity index (χ0n) is 22.2. The molecule has 2 aromatic rings. The first-order valence-corrected chi connectivity index (χ1v) is 14.7. The summed E-state index contributed by atoms with van der Waals surface area (Å²) in [7, 11) is 0. The van der Waals surface area contributed by atoms with Gasteiger partial charge in [0, 0.05) is 37.6 Å². The smallest absolute Gasteiger partial charge is 0.253 e. The van der Waals surface area contributed by atoms with Crippen molar-refractivity contribution in [3.8, 4) is 0 Å². The summed E-state index contributed by atoms with van der Waals surface area (Å²) in [4.78, 5) is 29.6. The second-order valence-electron chi connectivity index (χ2n) is 12.7. The molecule has 8 rings (SSSR count). The van der Waals surface area contributed by atoms with Gasteiger partial charge in [-0.3, -0.25) is 9.59 Å². The average molecular weight is 514 g/mol. The Morgan fingerprint density at radius 3 is 2.42 bits per heavy atom. The molecule has 2 amide bonds. The van der Waals surface area contributed by atoms with Crippen LogP contribution in [0.25, 0.3) is 0 Å². The Kier molecular flexibility index (Phi) is 6.18. The highest BCUT2D eigenvalue weighted by Crippen LogP contribution is 2.60. The molecule has 2 aliphatic heterocycles. The number of amides is 2. The van der Waals surface area contributed by atoms with Gasteiger partial charge in [-0.15, -0.1) is 0 Å². The topological polar surface area (TPSA) is 70.7 Å². The van der Waals surface area contributed by atoms with Crippen LogP contribution in [-0.4, -0.2) is 37.6 Å². The van der Waals surface area contributed by atoms with Crippen LogP contribution < -0.4 is 15.5 Å². The Bertz CT molecular complexity index is 1200. The van der Waals surface area contributed by atoms with Gasteiger partial charge in [0.25, 0.3) is 5.91 Å². The first kappa shape index (κ1) is 24.2. The van der Waals surface area contributed by atoms with Crippen LogP contribution in [0.5, 0.6) is 0 Å². The number of hydrogen-bond donors (Lipinski definition) is 2. The number of nitrogens with zero attached hydrogens (tertiary/aromatic N) is 1. The van der Waals surface area contributed by atoms with E-state index < -0.39 is 0 Å². The van der Waals surface area contributed by atoms with E-state index in [0.717, 1.165) is 87.3 Å². The van der Waals surface area contributed by atoms with Crippen LogP contribution in [0.3, 0.4) is 0 Å². The standard InChI is InChI=1S/C32H39N3O3/c36-30(33-19-27-6-3-11-38-27)28-15-26(7-8-29(28)35-10-9-24-4-1-2-5-25(24)20-35)34-31(37)32-16-21-12-22(17-32)14-23(13-21)18-32/h1-2,4-5,7-8,15,21-23,27H,3,6,9-14,16-20H2,(H,33,36)(H,34,37). The normalized spacial score (nSPS) is 31.2. The largest absolute Gasteiger partial charge is 0.376 e. The SMILES string of the molecule is O=C(NCC1CCCO1)c1cc(NC(=O)C23CC4CC(CC(C4)C2)C3)ccc1N1CCc2ccccc2C1. The number of carbonyl (C=O) groups excluding carboxylic acids is 2. The second-order valence-corrected chi connectivity index (χ2v) is 12.7. The van der Waals surface area contributed by atoms with E-state index in [2.05, 4.69) is 39.8 Å². The zero-order chi connectivity index (χ0) is 25.7. The van der Waals surface area contributed by atoms with Crippen molar-refractivity contribution in [1.29, 1.82) is 0 Å². The molecule has 4 bridgehead atoms. The monoisotopic (exact) mass is 513 g/mol. The lowest BCUT2D eigenvalue weighted by Crippen LogP contribution is -2.51. The first-order valence-electron chi connectivity index (χ1n) is 14.7. The van der Waals surface area contributed by atoms with Crippen molar-refractivity contribution in [1.82, 2.24) is 5.32 Å². The van der Waals surface area contributed by atoms with Crippen LogP contribution in [0, 0.1) is 23.2 Å². The number of nitrogens with one attached hydrogen (secondary N) is 2. The van der Waals surface area contributed by atoms with Gasteiger partial charge >= 0.3 is 0 Å². The maximum Gasteiger partial charge on any atom is 0.253 e. The average Bonchev–Trinajstić information content (AvgIpc) is 3.44. The summed E-state index contributed by atoms with van der Waals surface area (Å²) in [6.07, 6.45) is 10.1. The molecule has 5 fully saturated rings. The Balaban J connectivity index is 1.14. The number of anilines is 2. The van der Waals surface area contributed by atoms with Gasteiger partial charge in [-0.25, -0.2) is 0 Å². The fourth-order valence-electron chi connectivity index (χ4n) is 8.53. The number of fused-ring (bicyclic) bond motifs is 1. The van der Waals surface area contributed by atoms with Crippen LogP contribution in [-0.2, 0) is 22.5 Å². The first-order chi connectivity index (χ1) is 18.5. The van der Waals surface area contributed by atoms with Crippen molar-refractivity contribution in [2.24, 2.45) is 23.2 Å². The molecule has 6 aliphatic rings. The third kappa shape index (κ3) is 4.51. The van der Waals surface area contributed by atoms with E-state index in [1.807, 2.05) is 18.2 Å². The third-order valence-corrected chi connectivity index (χ3v) is 10.0. The predicted molar refractivity (Wildman–Crippen MR) is 148 cm³/mol. The van der Waals surface area contributed by atoms with Crippen LogP contribution >= 0.6 is 0 Å². The molecule has 4 saturated carbocycles. The van der Waals surface area contributed by atoms with E-state index >= 15 is 0 Å². The summed E-state index contributed by atoms with van der Waals surface area (Å²) in [5, 5.41) is 6.40. The molecule has 2 N–H and O–H groups in total. The Morgan fingerprint density at radius 1 is 0.974 bits per heavy atom. The fraction of sp³-hybridized carbons (Fsp3) is 0.562. The summed E-state index contributed by atoms with van der Waals surface area (Å²) in [5.74, 6) is 2.23. The van der Waals surface area contributed by atoms with Crippen molar-refractivity contribution in [3.05, 3.63) is 59.2 Å². The van der Waals surface area contributed by atoms with Gasteiger partial charge in [0.1, 0.15) is 0 Å². The summed E-state index contributed by atoms with van der Waals surface area (Å²) < 4.78 is 5.74. The highest BCUT2D eigenvalue weighted by Gasteiger charge is 2.54. The predicted octanol–water partition coefficient (Wildman–Crippen LogP) is 5.31. The molecular formula is C32H39N3O3. The van der Waals surface area contributed by atoms with Crippen molar-refractivity contribution < 1.29 is 14.3 Å². The minimum Gasteiger partial charge on any atom is -0.376 e. The molecule has 38 heavy (non-hydrogen) atoms. The van der Waals surface area contributed by atoms with Crippen molar-refractivity contribution >= 4 is 23.2 Å². The number of hydrogen-bond acceptors (Lipinski definition) is 4. The molecule has 6 nitrogen and oxygen atoms in total. The van der Waals surface area contributed by atoms with Crippen molar-refractivity contribution in [2.45, 2.75) is 70.4 Å². The van der Waals surface area contributed by atoms with Gasteiger partial charge in [0.05, 0.1) is 17.1 Å². The number of ether oxygens (including phenoxy) is 1. The van der Waals surface area contributed by atoms with Gasteiger partial charge < -0.3 is 20.3 Å². The third-order valence-electron chi connectivity index (χ3n) is 10.0. The van der Waals surface area contributed by atoms with Gasteiger partial charge in [-0.05, 0) is 105 Å². The Morgan fingerprint density at radius 2 is 1.71 bits per heavy atom. The van der Waals surface area contributed by atoms with Gasteiger partial charge in [0.2, 0.25) is 5.91 Å². The molecule has 0 aromatic heterocycles. The summed E-state index contributed by atoms with van der Waals surface area (Å²) >= 11 is 0. The lowest BCUT2D eigenvalue weighted by molar-refractivity contribution is -0.140. The van der Waals surface area contributed by atoms with Crippen molar-refractivity contribution in [2.75, 3.05) is 29.9 Å². The van der Waals surface area contributed by atoms with Gasteiger partial charge in [0.15, 0.2) is 0 Å². The van der Waals surface area contributed by atoms with Gasteiger partial charge in [-0.2, -0.15) is 0 Å². The van der Waals surface area contributed by atoms with Crippen LogP contribution in [0.1, 0.15) is 72.9 Å². The molecule has 1 saturated heterocycles. The van der Waals surface area contributed by atoms with Crippen LogP contribution in [0.4, 0.5) is 11.4 Å². The number of rotatable bonds is 6. The Labute approximate surface area is 225 Å². The highest BCUT2D eigenvalue weighted by molar-refractivity contribution is 6.03. The van der Waals surface area contributed by atoms with E-state index in [4.69, 9.17) is 4.74 Å². The zero-order valence-corrected chi connectivity index (χ0v) is 22.2. The van der Waals surface area contributed by atoms with E-state index in [-0.39, 0.29) is 23.3 Å². The van der Waals surface area contributed by atoms with E-state index in [0.29, 0.717) is 12.1 Å². The molecule has 2 aromatic carbocycles. The maximum atomic E-state index is 13.7. The van der Waals surface area contributed by atoms with Crippen molar-refractivity contribution in [3.63, 3.8) is 0 Å². The van der Waals surface area contributed by atoms with Gasteiger partial charge in [-0.1, -0.05) is 24.3 Å². The van der Waals surface area contributed by atoms with E-state index in [1.165, 1.54) is 30.4 Å². The summed E-state index contributed by atoms with van der Waals surface area (Å²) in [6, 6.07) is 14.5. The van der Waals surface area contributed by atoms with E-state index in [9.17, 15) is 9.59 Å². The molecule has 0 spiro atoms. The maximum absolute atomic E-state index is 13.7. The molecule has 1 atom stereocenters. The minimum absolute atomic E-state index is 0.0863. The molecular weight excluding hydrogens is 474 g/mol. The molecule has 4 aliphatic carbocycles. The molecule has 0 radical (unpaired) electrons. The lowest BCUT2D eigenvalue weighted by atomic mass is 9.49. The number of carbonyl (C=O) groups is 2. The summed E-state index contributed by atoms with van der Waals surface area (Å²) in [5.41, 5.74) is 4.76. The molecule has 6 heteroatoms. The second kappa shape index (κ2) is 9.71. The number of benzene rings is 2. The molecule has 2 heterocycles. The minimum atomic E-state index is -0.216. The molecule has 1 unspecified atom stereocenters. The molecule has 200 valence electrons.